The first-order chi connectivity index (χ1) is 11.7. The van der Waals surface area contributed by atoms with Crippen molar-refractivity contribution in [3.05, 3.63) is 59.7 Å². The van der Waals surface area contributed by atoms with E-state index in [1.807, 2.05) is 48.5 Å². The summed E-state index contributed by atoms with van der Waals surface area (Å²) >= 11 is 0. The summed E-state index contributed by atoms with van der Waals surface area (Å²) < 4.78 is 5.84. The van der Waals surface area contributed by atoms with E-state index < -0.39 is 5.92 Å². The van der Waals surface area contributed by atoms with Gasteiger partial charge in [-0.15, -0.1) is 0 Å². The van der Waals surface area contributed by atoms with Crippen LogP contribution in [0, 0.1) is 0 Å². The van der Waals surface area contributed by atoms with E-state index in [0.29, 0.717) is 6.54 Å². The van der Waals surface area contributed by atoms with Crippen LogP contribution < -0.4 is 15.4 Å². The topological polar surface area (TPSA) is 67.4 Å². The Morgan fingerprint density at radius 2 is 1.92 bits per heavy atom. The molecule has 0 aliphatic carbocycles. The summed E-state index contributed by atoms with van der Waals surface area (Å²) in [6, 6.07) is 15.4. The van der Waals surface area contributed by atoms with Crippen molar-refractivity contribution in [1.29, 1.82) is 0 Å². The van der Waals surface area contributed by atoms with Gasteiger partial charge in [0.1, 0.15) is 11.9 Å². The molecule has 0 bridgehead atoms. The second kappa shape index (κ2) is 6.00. The van der Waals surface area contributed by atoms with Crippen LogP contribution in [0.1, 0.15) is 23.5 Å². The Morgan fingerprint density at radius 3 is 2.79 bits per heavy atom. The summed E-state index contributed by atoms with van der Waals surface area (Å²) in [5.74, 6) is 0.188. The lowest BCUT2D eigenvalue weighted by Crippen LogP contribution is -2.39. The fraction of sp³-hybridized carbons (Fsp3) is 0.263. The van der Waals surface area contributed by atoms with Gasteiger partial charge in [-0.3, -0.25) is 9.59 Å². The molecule has 0 saturated heterocycles. The van der Waals surface area contributed by atoms with Crippen LogP contribution in [0.15, 0.2) is 48.5 Å². The zero-order chi connectivity index (χ0) is 16.5. The molecule has 2 aromatic rings. The fourth-order valence-electron chi connectivity index (χ4n) is 3.35. The maximum atomic E-state index is 12.6. The maximum absolute atomic E-state index is 12.6. The Bertz CT molecular complexity index is 778. The normalized spacial score (nSPS) is 21.2. The molecule has 2 aromatic carbocycles. The van der Waals surface area contributed by atoms with Crippen LogP contribution >= 0.6 is 0 Å². The highest BCUT2D eigenvalue weighted by atomic mass is 16.5. The molecule has 5 nitrogen and oxygen atoms in total. The highest BCUT2D eigenvalue weighted by Crippen LogP contribution is 2.32. The van der Waals surface area contributed by atoms with Gasteiger partial charge in [0.2, 0.25) is 11.8 Å². The van der Waals surface area contributed by atoms with E-state index in [4.69, 9.17) is 4.74 Å². The fourth-order valence-corrected chi connectivity index (χ4v) is 3.35. The van der Waals surface area contributed by atoms with Crippen molar-refractivity contribution < 1.29 is 14.3 Å². The van der Waals surface area contributed by atoms with Crippen molar-refractivity contribution in [2.45, 2.75) is 24.9 Å². The molecule has 122 valence electrons. The molecule has 0 spiro atoms. The third-order valence-corrected chi connectivity index (χ3v) is 4.53. The number of carbonyl (C=O) groups is 2. The second-order valence-electron chi connectivity index (χ2n) is 6.19. The third-order valence-electron chi connectivity index (χ3n) is 4.53. The van der Waals surface area contributed by atoms with Gasteiger partial charge in [0, 0.05) is 18.5 Å². The highest BCUT2D eigenvalue weighted by molar-refractivity contribution is 6.01. The first-order valence-corrected chi connectivity index (χ1v) is 8.12. The first kappa shape index (κ1) is 14.8. The minimum absolute atomic E-state index is 0.0565. The number of hydrogen-bond donors (Lipinski definition) is 2. The van der Waals surface area contributed by atoms with Gasteiger partial charge >= 0.3 is 0 Å². The molecule has 2 N–H and O–H groups in total. The number of amides is 2. The van der Waals surface area contributed by atoms with E-state index in [1.165, 1.54) is 5.56 Å². The van der Waals surface area contributed by atoms with Gasteiger partial charge in [-0.1, -0.05) is 36.4 Å². The molecule has 2 aliphatic heterocycles. The van der Waals surface area contributed by atoms with Crippen molar-refractivity contribution >= 4 is 17.5 Å². The van der Waals surface area contributed by atoms with Gasteiger partial charge in [0.15, 0.2) is 0 Å². The van der Waals surface area contributed by atoms with Gasteiger partial charge in [0.25, 0.3) is 0 Å². The van der Waals surface area contributed by atoms with Crippen LogP contribution in [0.3, 0.4) is 0 Å². The second-order valence-corrected chi connectivity index (χ2v) is 6.19. The number of carbonyl (C=O) groups excluding carboxylic acids is 2. The quantitative estimate of drug-likeness (QED) is 0.910. The van der Waals surface area contributed by atoms with Crippen LogP contribution in [0.25, 0.3) is 0 Å². The standard InChI is InChI=1S/C19H18N2O3/c22-18-10-15(14-6-2-3-7-16(14)21-18)19(23)20-11-13-9-12-5-1-4-8-17(12)24-13/h1-8,13,15H,9-11H2,(H,20,23)(H,21,22)/t13-,15-/m1/s1. The molecular formula is C19H18N2O3. The molecular weight excluding hydrogens is 304 g/mol. The van der Waals surface area contributed by atoms with Crippen molar-refractivity contribution in [3.8, 4) is 5.75 Å². The lowest BCUT2D eigenvalue weighted by molar-refractivity contribution is -0.126. The van der Waals surface area contributed by atoms with Gasteiger partial charge in [-0.25, -0.2) is 0 Å². The van der Waals surface area contributed by atoms with E-state index in [-0.39, 0.29) is 24.3 Å². The van der Waals surface area contributed by atoms with Crippen molar-refractivity contribution in [3.63, 3.8) is 0 Å². The number of para-hydroxylation sites is 2. The zero-order valence-electron chi connectivity index (χ0n) is 13.1. The lowest BCUT2D eigenvalue weighted by Gasteiger charge is -2.25. The summed E-state index contributed by atoms with van der Waals surface area (Å²) in [7, 11) is 0. The number of benzene rings is 2. The van der Waals surface area contributed by atoms with Gasteiger partial charge in [-0.2, -0.15) is 0 Å². The molecule has 2 heterocycles. The Labute approximate surface area is 140 Å². The SMILES string of the molecule is O=C1C[C@@H](C(=O)NC[C@H]2Cc3ccccc3O2)c2ccccc2N1. The zero-order valence-corrected chi connectivity index (χ0v) is 13.1. The lowest BCUT2D eigenvalue weighted by atomic mass is 9.90. The molecule has 4 rings (SSSR count). The number of fused-ring (bicyclic) bond motifs is 2. The van der Waals surface area contributed by atoms with E-state index in [2.05, 4.69) is 10.6 Å². The molecule has 0 fully saturated rings. The number of anilines is 1. The monoisotopic (exact) mass is 322 g/mol. The molecule has 0 radical (unpaired) electrons. The van der Waals surface area contributed by atoms with Crippen LogP contribution in [0.4, 0.5) is 5.69 Å². The van der Waals surface area contributed by atoms with Crippen LogP contribution in [-0.4, -0.2) is 24.5 Å². The largest absolute Gasteiger partial charge is 0.488 e. The summed E-state index contributed by atoms with van der Waals surface area (Å²) in [4.78, 5) is 24.4. The summed E-state index contributed by atoms with van der Waals surface area (Å²) in [5, 5.41) is 5.76. The van der Waals surface area contributed by atoms with Crippen LogP contribution in [0.5, 0.6) is 5.75 Å². The number of nitrogens with one attached hydrogen (secondary N) is 2. The number of ether oxygens (including phenoxy) is 1. The molecule has 0 aromatic heterocycles. The summed E-state index contributed by atoms with van der Waals surface area (Å²) in [5.41, 5.74) is 2.75. The minimum atomic E-state index is -0.446. The Balaban J connectivity index is 1.42. The molecule has 2 aliphatic rings. The summed E-state index contributed by atoms with van der Waals surface area (Å²) in [6.07, 6.45) is 0.909. The molecule has 5 heteroatoms. The molecule has 0 saturated carbocycles. The Hall–Kier alpha value is -2.82. The van der Waals surface area contributed by atoms with Crippen LogP contribution in [0.2, 0.25) is 0 Å². The first-order valence-electron chi connectivity index (χ1n) is 8.12. The third kappa shape index (κ3) is 2.73. The van der Waals surface area contributed by atoms with Crippen molar-refractivity contribution in [2.75, 3.05) is 11.9 Å². The predicted molar refractivity (Wildman–Crippen MR) is 90.0 cm³/mol. The smallest absolute Gasteiger partial charge is 0.228 e. The van der Waals surface area contributed by atoms with Gasteiger partial charge < -0.3 is 15.4 Å². The average molecular weight is 322 g/mol. The molecule has 0 unspecified atom stereocenters. The number of rotatable bonds is 3. The number of hydrogen-bond acceptors (Lipinski definition) is 3. The molecule has 24 heavy (non-hydrogen) atoms. The van der Waals surface area contributed by atoms with Crippen molar-refractivity contribution in [1.82, 2.24) is 5.32 Å². The van der Waals surface area contributed by atoms with Crippen LogP contribution in [-0.2, 0) is 16.0 Å². The molecule has 2 amide bonds. The minimum Gasteiger partial charge on any atom is -0.488 e. The molecule has 2 atom stereocenters. The average Bonchev–Trinajstić information content (AvgIpc) is 3.02. The van der Waals surface area contributed by atoms with Gasteiger partial charge in [-0.05, 0) is 23.3 Å². The Morgan fingerprint density at radius 1 is 1.12 bits per heavy atom. The highest BCUT2D eigenvalue weighted by Gasteiger charge is 2.31. The van der Waals surface area contributed by atoms with Gasteiger partial charge in [0.05, 0.1) is 12.5 Å². The Kier molecular flexibility index (Phi) is 3.69. The van der Waals surface area contributed by atoms with E-state index >= 15 is 0 Å². The maximum Gasteiger partial charge on any atom is 0.228 e. The predicted octanol–water partition coefficient (Wildman–Crippen LogP) is 2.23. The summed E-state index contributed by atoms with van der Waals surface area (Å²) in [6.45, 7) is 0.438. The van der Waals surface area contributed by atoms with E-state index in [1.54, 1.807) is 0 Å². The van der Waals surface area contributed by atoms with E-state index in [0.717, 1.165) is 23.4 Å². The van der Waals surface area contributed by atoms with Crippen molar-refractivity contribution in [2.24, 2.45) is 0 Å². The van der Waals surface area contributed by atoms with E-state index in [9.17, 15) is 9.59 Å².